The molecule has 1 amide bonds. The standard InChI is InChI=1S/C24H33N3O5S/c1-15-6-5-7-22(17(15)3)26-23(28)14-32-24(29)21-12-16(2)27(18(21)4)13-19-8-10-20(11-9-19)33(25,30)31/h8-12,15,17,22H,5-7,13-14H2,1-4H3,(H,26,28)(H2,25,30,31)/t15-,17-,22-/m1/s1. The highest BCUT2D eigenvalue weighted by Gasteiger charge is 2.28. The van der Waals surface area contributed by atoms with Crippen LogP contribution in [0.25, 0.3) is 0 Å². The number of sulfonamides is 1. The zero-order valence-electron chi connectivity index (χ0n) is 19.6. The lowest BCUT2D eigenvalue weighted by atomic mass is 9.78. The van der Waals surface area contributed by atoms with E-state index in [0.717, 1.165) is 24.1 Å². The van der Waals surface area contributed by atoms with Gasteiger partial charge in [-0.1, -0.05) is 38.8 Å². The molecular formula is C24H33N3O5S. The number of nitrogens with zero attached hydrogens (tertiary/aromatic N) is 1. The highest BCUT2D eigenvalue weighted by molar-refractivity contribution is 7.89. The maximum absolute atomic E-state index is 12.7. The van der Waals surface area contributed by atoms with Crippen LogP contribution in [0.4, 0.5) is 0 Å². The number of carbonyl (C=O) groups excluding carboxylic acids is 2. The number of hydrogen-bond acceptors (Lipinski definition) is 5. The van der Waals surface area contributed by atoms with E-state index in [4.69, 9.17) is 9.88 Å². The molecule has 33 heavy (non-hydrogen) atoms. The van der Waals surface area contributed by atoms with Crippen molar-refractivity contribution in [3.05, 3.63) is 52.8 Å². The number of primary sulfonamides is 1. The number of nitrogens with two attached hydrogens (primary N) is 1. The van der Waals surface area contributed by atoms with Gasteiger partial charge in [-0.15, -0.1) is 0 Å². The summed E-state index contributed by atoms with van der Waals surface area (Å²) in [6.07, 6.45) is 3.21. The van der Waals surface area contributed by atoms with E-state index >= 15 is 0 Å². The van der Waals surface area contributed by atoms with Crippen LogP contribution >= 0.6 is 0 Å². The summed E-state index contributed by atoms with van der Waals surface area (Å²) in [4.78, 5) is 25.1. The van der Waals surface area contributed by atoms with Gasteiger partial charge in [-0.25, -0.2) is 18.4 Å². The molecule has 1 aromatic carbocycles. The van der Waals surface area contributed by atoms with Crippen molar-refractivity contribution in [3.8, 4) is 0 Å². The van der Waals surface area contributed by atoms with Crippen LogP contribution in [0, 0.1) is 25.7 Å². The highest BCUT2D eigenvalue weighted by atomic mass is 32.2. The Morgan fingerprint density at radius 1 is 1.15 bits per heavy atom. The van der Waals surface area contributed by atoms with Gasteiger partial charge in [0.1, 0.15) is 0 Å². The maximum atomic E-state index is 12.7. The molecule has 0 saturated heterocycles. The van der Waals surface area contributed by atoms with Gasteiger partial charge in [0.2, 0.25) is 10.0 Å². The molecular weight excluding hydrogens is 442 g/mol. The van der Waals surface area contributed by atoms with E-state index in [9.17, 15) is 18.0 Å². The molecule has 1 aliphatic carbocycles. The summed E-state index contributed by atoms with van der Waals surface area (Å²) in [5.74, 6) is 0.140. The number of carbonyl (C=O) groups is 2. The average molecular weight is 476 g/mol. The first-order valence-corrected chi connectivity index (χ1v) is 12.8. The van der Waals surface area contributed by atoms with Gasteiger partial charge in [-0.05, 0) is 55.9 Å². The summed E-state index contributed by atoms with van der Waals surface area (Å²) >= 11 is 0. The fourth-order valence-electron chi connectivity index (χ4n) is 4.46. The monoisotopic (exact) mass is 475 g/mol. The summed E-state index contributed by atoms with van der Waals surface area (Å²) in [6.45, 7) is 8.18. The van der Waals surface area contributed by atoms with Crippen LogP contribution in [0.3, 0.4) is 0 Å². The van der Waals surface area contributed by atoms with Crippen molar-refractivity contribution in [1.82, 2.24) is 9.88 Å². The van der Waals surface area contributed by atoms with Gasteiger partial charge >= 0.3 is 5.97 Å². The van der Waals surface area contributed by atoms with E-state index in [2.05, 4.69) is 19.2 Å². The molecule has 0 unspecified atom stereocenters. The number of ether oxygens (including phenoxy) is 1. The number of aromatic nitrogens is 1. The van der Waals surface area contributed by atoms with Crippen molar-refractivity contribution in [3.63, 3.8) is 0 Å². The second-order valence-corrected chi connectivity index (χ2v) is 10.6. The molecule has 1 saturated carbocycles. The smallest absolute Gasteiger partial charge is 0.340 e. The molecule has 8 nitrogen and oxygen atoms in total. The Morgan fingerprint density at radius 2 is 1.82 bits per heavy atom. The molecule has 0 spiro atoms. The summed E-state index contributed by atoms with van der Waals surface area (Å²) in [7, 11) is -3.75. The molecule has 0 aliphatic heterocycles. The Balaban J connectivity index is 1.61. The molecule has 3 N–H and O–H groups in total. The quantitative estimate of drug-likeness (QED) is 0.597. The van der Waals surface area contributed by atoms with Crippen LogP contribution in [0.1, 0.15) is 60.4 Å². The minimum Gasteiger partial charge on any atom is -0.452 e. The summed E-state index contributed by atoms with van der Waals surface area (Å²) in [5.41, 5.74) is 2.83. The first-order valence-electron chi connectivity index (χ1n) is 11.2. The maximum Gasteiger partial charge on any atom is 0.340 e. The Morgan fingerprint density at radius 3 is 2.45 bits per heavy atom. The summed E-state index contributed by atoms with van der Waals surface area (Å²) in [6, 6.07) is 8.15. The topological polar surface area (TPSA) is 120 Å². The second-order valence-electron chi connectivity index (χ2n) is 9.08. The number of rotatable bonds is 7. The number of nitrogens with one attached hydrogen (secondary N) is 1. The molecule has 1 fully saturated rings. The van der Waals surface area contributed by atoms with E-state index in [0.29, 0.717) is 29.6 Å². The van der Waals surface area contributed by atoms with Crippen molar-refractivity contribution in [2.24, 2.45) is 17.0 Å². The third-order valence-corrected chi connectivity index (χ3v) is 7.70. The lowest BCUT2D eigenvalue weighted by Gasteiger charge is -2.34. The van der Waals surface area contributed by atoms with Gasteiger partial charge in [0, 0.05) is 24.0 Å². The predicted octanol–water partition coefficient (Wildman–Crippen LogP) is 2.90. The van der Waals surface area contributed by atoms with E-state index in [1.165, 1.54) is 18.6 Å². The minimum atomic E-state index is -3.75. The minimum absolute atomic E-state index is 0.0480. The Labute approximate surface area is 195 Å². The Hall–Kier alpha value is -2.65. The number of benzene rings is 1. The van der Waals surface area contributed by atoms with Crippen molar-refractivity contribution in [1.29, 1.82) is 0 Å². The van der Waals surface area contributed by atoms with Crippen LogP contribution in [0.5, 0.6) is 0 Å². The lowest BCUT2D eigenvalue weighted by molar-refractivity contribution is -0.125. The first kappa shape index (κ1) is 25.0. The van der Waals surface area contributed by atoms with E-state index < -0.39 is 16.0 Å². The summed E-state index contributed by atoms with van der Waals surface area (Å²) in [5, 5.41) is 8.16. The van der Waals surface area contributed by atoms with Crippen molar-refractivity contribution in [2.45, 2.75) is 64.4 Å². The van der Waals surface area contributed by atoms with Gasteiger partial charge in [0.05, 0.1) is 10.5 Å². The molecule has 2 aromatic rings. The van der Waals surface area contributed by atoms with E-state index in [1.54, 1.807) is 18.2 Å². The largest absolute Gasteiger partial charge is 0.452 e. The van der Waals surface area contributed by atoms with Crippen molar-refractivity contribution in [2.75, 3.05) is 6.61 Å². The molecule has 0 radical (unpaired) electrons. The predicted molar refractivity (Wildman–Crippen MR) is 125 cm³/mol. The van der Waals surface area contributed by atoms with E-state index in [1.807, 2.05) is 18.4 Å². The van der Waals surface area contributed by atoms with Gasteiger partial charge < -0.3 is 14.6 Å². The van der Waals surface area contributed by atoms with Crippen LogP contribution in [0.15, 0.2) is 35.2 Å². The van der Waals surface area contributed by atoms with Gasteiger partial charge in [-0.3, -0.25) is 4.79 Å². The third-order valence-electron chi connectivity index (χ3n) is 6.77. The zero-order valence-corrected chi connectivity index (χ0v) is 20.4. The van der Waals surface area contributed by atoms with Crippen LogP contribution < -0.4 is 10.5 Å². The number of aryl methyl sites for hydroxylation is 1. The first-order chi connectivity index (χ1) is 15.5. The number of esters is 1. The lowest BCUT2D eigenvalue weighted by Crippen LogP contribution is -2.45. The van der Waals surface area contributed by atoms with Crippen LogP contribution in [-0.4, -0.2) is 37.5 Å². The Bertz CT molecular complexity index is 1120. The zero-order chi connectivity index (χ0) is 24.3. The van der Waals surface area contributed by atoms with Gasteiger partial charge in [-0.2, -0.15) is 0 Å². The van der Waals surface area contributed by atoms with Gasteiger partial charge in [0.15, 0.2) is 6.61 Å². The molecule has 1 aromatic heterocycles. The Kier molecular flexibility index (Phi) is 7.64. The van der Waals surface area contributed by atoms with E-state index in [-0.39, 0.29) is 23.5 Å². The molecule has 3 rings (SSSR count). The number of hydrogen-bond donors (Lipinski definition) is 2. The molecule has 1 aliphatic rings. The van der Waals surface area contributed by atoms with Crippen LogP contribution in [-0.2, 0) is 26.1 Å². The number of amides is 1. The third kappa shape index (κ3) is 6.03. The molecule has 1 heterocycles. The summed E-state index contributed by atoms with van der Waals surface area (Å²) < 4.78 is 30.1. The average Bonchev–Trinajstić information content (AvgIpc) is 3.03. The molecule has 3 atom stereocenters. The molecule has 0 bridgehead atoms. The molecule has 9 heteroatoms. The van der Waals surface area contributed by atoms with Gasteiger partial charge in [0.25, 0.3) is 5.91 Å². The van der Waals surface area contributed by atoms with Crippen molar-refractivity contribution >= 4 is 21.9 Å². The normalized spacial score (nSPS) is 20.9. The second kappa shape index (κ2) is 10.1. The molecule has 180 valence electrons. The van der Waals surface area contributed by atoms with Crippen molar-refractivity contribution < 1.29 is 22.7 Å². The highest BCUT2D eigenvalue weighted by Crippen LogP contribution is 2.29. The fraction of sp³-hybridized carbons (Fsp3) is 0.500. The van der Waals surface area contributed by atoms with Crippen LogP contribution in [0.2, 0.25) is 0 Å². The SMILES string of the molecule is Cc1cc(C(=O)OCC(=O)N[C@@H]2CCC[C@@H](C)[C@H]2C)c(C)n1Cc1ccc(S(N)(=O)=O)cc1. The fourth-order valence-corrected chi connectivity index (χ4v) is 4.98.